The molecule has 0 unspecified atom stereocenters. The molecule has 2 aromatic rings. The summed E-state index contributed by atoms with van der Waals surface area (Å²) in [4.78, 5) is 121. The minimum absolute atomic E-state index is 0.0623. The molecule has 0 aromatic heterocycles. The maximum absolute atomic E-state index is 14.2. The highest BCUT2D eigenvalue weighted by molar-refractivity contribution is 7.99. The fourth-order valence-corrected chi connectivity index (χ4v) is 10.8. The van der Waals surface area contributed by atoms with Gasteiger partial charge in [-0.05, 0) is 110 Å². The minimum Gasteiger partial charge on any atom is -0.462 e. The predicted molar refractivity (Wildman–Crippen MR) is 337 cm³/mol. The summed E-state index contributed by atoms with van der Waals surface area (Å²) in [6.45, 7) is 18.3. The number of carbonyl (C=O) groups is 9. The van der Waals surface area contributed by atoms with Crippen LogP contribution in [0.1, 0.15) is 234 Å². The maximum Gasteiger partial charge on any atom is 0.407 e. The second-order valence-corrected chi connectivity index (χ2v) is 26.6. The first-order chi connectivity index (χ1) is 41.2. The Morgan fingerprint density at radius 1 is 0.483 bits per heavy atom. The third-order valence-electron chi connectivity index (χ3n) is 13.9. The molecule has 0 aliphatic heterocycles. The van der Waals surface area contributed by atoms with Crippen LogP contribution in [0.3, 0.4) is 0 Å². The summed E-state index contributed by atoms with van der Waals surface area (Å²) in [7, 11) is 0. The fraction of sp³-hybridized carbons (Fsp3) is 0.687. The highest BCUT2D eigenvalue weighted by Gasteiger charge is 2.34. The number of fused-ring (bicyclic) bond motifs is 3. The summed E-state index contributed by atoms with van der Waals surface area (Å²) in [6.07, 6.45) is 14.9. The van der Waals surface area contributed by atoms with Crippen LogP contribution in [0.15, 0.2) is 48.5 Å². The van der Waals surface area contributed by atoms with E-state index in [1.54, 1.807) is 62.3 Å². The third kappa shape index (κ3) is 32.6. The molecule has 0 saturated heterocycles. The summed E-state index contributed by atoms with van der Waals surface area (Å²) < 4.78 is 33.8. The molecule has 2 aromatic carbocycles. The molecular formula is C67H104N4O15S. The molecule has 488 valence electrons. The van der Waals surface area contributed by atoms with Gasteiger partial charge in [0.25, 0.3) is 0 Å². The quantitative estimate of drug-likeness (QED) is 0.0274. The van der Waals surface area contributed by atoms with Crippen molar-refractivity contribution in [2.24, 2.45) is 0 Å². The number of ether oxygens (including phenoxy) is 6. The molecule has 3 rings (SSSR count). The molecule has 0 saturated carbocycles. The van der Waals surface area contributed by atoms with Gasteiger partial charge in [0.2, 0.25) is 17.7 Å². The monoisotopic (exact) mass is 1240 g/mol. The summed E-state index contributed by atoms with van der Waals surface area (Å²) in [5.41, 5.74) is 1.32. The lowest BCUT2D eigenvalue weighted by Gasteiger charge is -2.27. The van der Waals surface area contributed by atoms with Crippen LogP contribution in [-0.4, -0.2) is 126 Å². The van der Waals surface area contributed by atoms with Crippen LogP contribution in [0.2, 0.25) is 0 Å². The molecule has 87 heavy (non-hydrogen) atoms. The number of carbonyl (C=O) groups excluding carboxylic acids is 9. The number of unbranched alkanes of at least 4 members (excludes halogenated alkanes) is 14. The van der Waals surface area contributed by atoms with Crippen molar-refractivity contribution in [1.82, 2.24) is 21.3 Å². The van der Waals surface area contributed by atoms with Gasteiger partial charge in [-0.2, -0.15) is 11.8 Å². The van der Waals surface area contributed by atoms with E-state index in [-0.39, 0.29) is 69.2 Å². The van der Waals surface area contributed by atoms with Crippen LogP contribution in [0, 0.1) is 0 Å². The van der Waals surface area contributed by atoms with Gasteiger partial charge in [-0.25, -0.2) is 9.59 Å². The van der Waals surface area contributed by atoms with Crippen molar-refractivity contribution in [2.45, 2.75) is 264 Å². The molecule has 0 heterocycles. The topological polar surface area (TPSA) is 257 Å². The van der Waals surface area contributed by atoms with Gasteiger partial charge in [-0.3, -0.25) is 33.6 Å². The lowest BCUT2D eigenvalue weighted by molar-refractivity contribution is -0.161. The first-order valence-corrected chi connectivity index (χ1v) is 32.9. The first kappa shape index (κ1) is 75.1. The van der Waals surface area contributed by atoms with Crippen molar-refractivity contribution >= 4 is 65.4 Å². The van der Waals surface area contributed by atoms with Crippen molar-refractivity contribution in [2.75, 3.05) is 31.3 Å². The van der Waals surface area contributed by atoms with E-state index in [9.17, 15) is 43.2 Å². The van der Waals surface area contributed by atoms with E-state index >= 15 is 0 Å². The average molecular weight is 1240 g/mol. The zero-order valence-corrected chi connectivity index (χ0v) is 54.9. The number of hydrogen-bond acceptors (Lipinski definition) is 16. The van der Waals surface area contributed by atoms with Crippen LogP contribution < -0.4 is 21.3 Å². The summed E-state index contributed by atoms with van der Waals surface area (Å²) >= 11 is 1.14. The fourth-order valence-electron chi connectivity index (χ4n) is 9.72. The predicted octanol–water partition coefficient (Wildman–Crippen LogP) is 11.8. The standard InChI is InChI=1S/C67H104N4O15S/c1-12-14-16-17-18-19-20-21-22-23-24-25-27-37-58(74)83-47(43-81-57(73)36-26-15-13-2)45-87-46-55(71-64(80)82-44-52-50-34-30-28-32-48(50)49-33-29-31-35-51(49)52)61(77)68-42-56(72)69-53(38-40-59(75)84-65(3,4)5)62(78)70-54(63(79)86-67(9,10)11)39-41-60(76)85-66(6,7)8/h28-35,47,52-55H,12-27,36-46H2,1-11H3,(H,68,77)(H,69,72)(H,70,78)(H,71,80)/t47-,53+,54+,55+/m1/s1. The van der Waals surface area contributed by atoms with E-state index in [4.69, 9.17) is 28.4 Å². The van der Waals surface area contributed by atoms with Gasteiger partial charge in [0, 0.05) is 43.1 Å². The van der Waals surface area contributed by atoms with E-state index in [1.807, 2.05) is 55.5 Å². The van der Waals surface area contributed by atoms with Crippen molar-refractivity contribution in [3.05, 3.63) is 59.7 Å². The Balaban J connectivity index is 1.80. The molecule has 4 N–H and O–H groups in total. The van der Waals surface area contributed by atoms with E-state index < -0.39 is 101 Å². The Morgan fingerprint density at radius 3 is 1.48 bits per heavy atom. The zero-order chi connectivity index (χ0) is 64.4. The lowest BCUT2D eigenvalue weighted by atomic mass is 9.98. The van der Waals surface area contributed by atoms with E-state index in [0.29, 0.717) is 12.8 Å². The number of nitrogens with one attached hydrogen (secondary N) is 4. The number of benzene rings is 2. The molecule has 0 spiro atoms. The molecule has 4 amide bonds. The minimum atomic E-state index is -1.47. The first-order valence-electron chi connectivity index (χ1n) is 31.8. The molecule has 20 heteroatoms. The summed E-state index contributed by atoms with van der Waals surface area (Å²) in [6, 6.07) is 11.5. The maximum atomic E-state index is 14.2. The molecule has 1 aliphatic rings. The van der Waals surface area contributed by atoms with Crippen LogP contribution in [0.5, 0.6) is 0 Å². The Labute approximate surface area is 522 Å². The van der Waals surface area contributed by atoms with Crippen molar-refractivity contribution in [1.29, 1.82) is 0 Å². The largest absolute Gasteiger partial charge is 0.462 e. The number of amides is 4. The number of rotatable bonds is 41. The molecule has 4 atom stereocenters. The van der Waals surface area contributed by atoms with Gasteiger partial charge < -0.3 is 49.7 Å². The zero-order valence-electron chi connectivity index (χ0n) is 54.1. The van der Waals surface area contributed by atoms with Crippen molar-refractivity contribution < 1.29 is 71.6 Å². The highest BCUT2D eigenvalue weighted by atomic mass is 32.2. The van der Waals surface area contributed by atoms with Crippen molar-refractivity contribution in [3.8, 4) is 11.1 Å². The molecule has 0 bridgehead atoms. The van der Waals surface area contributed by atoms with Crippen molar-refractivity contribution in [3.63, 3.8) is 0 Å². The van der Waals surface area contributed by atoms with Gasteiger partial charge in [0.15, 0.2) is 0 Å². The van der Waals surface area contributed by atoms with Crippen LogP contribution in [0.25, 0.3) is 11.1 Å². The highest BCUT2D eigenvalue weighted by Crippen LogP contribution is 2.44. The molecule has 0 radical (unpaired) electrons. The van der Waals surface area contributed by atoms with Gasteiger partial charge in [0.05, 0.1) is 6.54 Å². The molecule has 0 fully saturated rings. The Morgan fingerprint density at radius 2 is 0.954 bits per heavy atom. The Bertz CT molecular complexity index is 2440. The second kappa shape index (κ2) is 39.7. The van der Waals surface area contributed by atoms with Crippen LogP contribution >= 0.6 is 11.8 Å². The van der Waals surface area contributed by atoms with E-state index in [1.165, 1.54) is 57.8 Å². The number of esters is 5. The Hall–Kier alpha value is -6.18. The van der Waals surface area contributed by atoms with Gasteiger partial charge in [0.1, 0.15) is 54.2 Å². The summed E-state index contributed by atoms with van der Waals surface area (Å²) in [5.74, 6) is -5.95. The average Bonchev–Trinajstić information content (AvgIpc) is 1.72. The summed E-state index contributed by atoms with van der Waals surface area (Å²) in [5, 5.41) is 10.3. The second-order valence-electron chi connectivity index (χ2n) is 25.5. The smallest absolute Gasteiger partial charge is 0.407 e. The van der Waals surface area contributed by atoms with Gasteiger partial charge in [-0.15, -0.1) is 0 Å². The Kier molecular flexibility index (Phi) is 34.2. The SMILES string of the molecule is CCCCCCCCCCCCCCCC(=O)O[C@H](COC(=O)CCCCC)CSC[C@H](NC(=O)OCC1c2ccccc2-c2ccccc21)C(=O)NCC(=O)N[C@@H](CCC(=O)OC(C)(C)C)C(=O)N[C@@H](CCC(=O)OC(C)(C)C)C(=O)OC(C)(C)C. The third-order valence-corrected chi connectivity index (χ3v) is 15.1. The van der Waals surface area contributed by atoms with Crippen LogP contribution in [0.4, 0.5) is 4.79 Å². The van der Waals surface area contributed by atoms with Gasteiger partial charge in [-0.1, -0.05) is 152 Å². The van der Waals surface area contributed by atoms with E-state index in [2.05, 4.69) is 28.2 Å². The number of alkyl carbamates (subject to hydrolysis) is 1. The number of hydrogen-bond donors (Lipinski definition) is 4. The molecule has 1 aliphatic carbocycles. The molecular weight excluding hydrogens is 1130 g/mol. The molecule has 19 nitrogen and oxygen atoms in total. The number of thioether (sulfide) groups is 1. The van der Waals surface area contributed by atoms with Crippen LogP contribution in [-0.2, 0) is 66.8 Å². The van der Waals surface area contributed by atoms with E-state index in [0.717, 1.165) is 66.1 Å². The lowest BCUT2D eigenvalue weighted by Crippen LogP contribution is -2.55. The van der Waals surface area contributed by atoms with Gasteiger partial charge >= 0.3 is 35.9 Å². The normalized spacial score (nSPS) is 13.6.